The summed E-state index contributed by atoms with van der Waals surface area (Å²) in [4.78, 5) is 15.6. The Morgan fingerprint density at radius 2 is 2.16 bits per heavy atom. The lowest BCUT2D eigenvalue weighted by Gasteiger charge is -2.34. The predicted molar refractivity (Wildman–Crippen MR) is 78.1 cm³/mol. The zero-order valence-corrected chi connectivity index (χ0v) is 11.8. The quantitative estimate of drug-likeness (QED) is 0.898. The lowest BCUT2D eigenvalue weighted by molar-refractivity contribution is -0.128. The van der Waals surface area contributed by atoms with E-state index in [9.17, 15) is 4.79 Å². The Bertz CT molecular complexity index is 445. The van der Waals surface area contributed by atoms with Gasteiger partial charge in [-0.05, 0) is 24.5 Å². The van der Waals surface area contributed by atoms with E-state index < -0.39 is 0 Å². The summed E-state index contributed by atoms with van der Waals surface area (Å²) >= 11 is 0. The SMILES string of the molecule is CN(C)C(=O)CCCN1CCC(N)c2ccccc21. The van der Waals surface area contributed by atoms with E-state index in [2.05, 4.69) is 23.1 Å². The largest absolute Gasteiger partial charge is 0.371 e. The first-order valence-corrected chi connectivity index (χ1v) is 6.89. The van der Waals surface area contributed by atoms with Gasteiger partial charge in [0.25, 0.3) is 0 Å². The second kappa shape index (κ2) is 6.06. The minimum absolute atomic E-state index is 0.149. The summed E-state index contributed by atoms with van der Waals surface area (Å²) in [6, 6.07) is 8.47. The van der Waals surface area contributed by atoms with Crippen molar-refractivity contribution in [3.05, 3.63) is 29.8 Å². The molecule has 1 aromatic rings. The first-order chi connectivity index (χ1) is 9.09. The van der Waals surface area contributed by atoms with E-state index in [0.29, 0.717) is 6.42 Å². The molecule has 1 amide bonds. The number of anilines is 1. The number of para-hydroxylation sites is 1. The monoisotopic (exact) mass is 261 g/mol. The Morgan fingerprint density at radius 1 is 1.42 bits per heavy atom. The number of benzene rings is 1. The molecule has 1 atom stereocenters. The molecule has 0 spiro atoms. The molecule has 1 aliphatic heterocycles. The molecule has 4 heteroatoms. The highest BCUT2D eigenvalue weighted by molar-refractivity contribution is 5.75. The first-order valence-electron chi connectivity index (χ1n) is 6.89. The molecule has 0 bridgehead atoms. The zero-order chi connectivity index (χ0) is 13.8. The summed E-state index contributed by atoms with van der Waals surface area (Å²) in [6.07, 6.45) is 2.48. The van der Waals surface area contributed by atoms with E-state index in [-0.39, 0.29) is 11.9 Å². The molecule has 0 radical (unpaired) electrons. The minimum Gasteiger partial charge on any atom is -0.371 e. The Kier molecular flexibility index (Phi) is 4.43. The number of amides is 1. The molecule has 4 nitrogen and oxygen atoms in total. The van der Waals surface area contributed by atoms with E-state index in [1.807, 2.05) is 6.07 Å². The van der Waals surface area contributed by atoms with Crippen molar-refractivity contribution in [2.75, 3.05) is 32.1 Å². The van der Waals surface area contributed by atoms with Gasteiger partial charge in [0.1, 0.15) is 0 Å². The number of fused-ring (bicyclic) bond motifs is 1. The van der Waals surface area contributed by atoms with Crippen molar-refractivity contribution >= 4 is 11.6 Å². The molecule has 0 saturated heterocycles. The number of nitrogens with two attached hydrogens (primary N) is 1. The molecule has 0 saturated carbocycles. The lowest BCUT2D eigenvalue weighted by Crippen LogP contribution is -2.34. The number of nitrogens with zero attached hydrogens (tertiary/aromatic N) is 2. The smallest absolute Gasteiger partial charge is 0.222 e. The van der Waals surface area contributed by atoms with E-state index in [0.717, 1.165) is 25.9 Å². The fraction of sp³-hybridized carbons (Fsp3) is 0.533. The van der Waals surface area contributed by atoms with E-state index >= 15 is 0 Å². The fourth-order valence-corrected chi connectivity index (χ4v) is 2.54. The Balaban J connectivity index is 1.95. The molecule has 1 aromatic carbocycles. The second-order valence-corrected chi connectivity index (χ2v) is 5.33. The van der Waals surface area contributed by atoms with Gasteiger partial charge in [0.2, 0.25) is 5.91 Å². The maximum absolute atomic E-state index is 11.6. The van der Waals surface area contributed by atoms with Gasteiger partial charge in [-0.15, -0.1) is 0 Å². The molecule has 104 valence electrons. The van der Waals surface area contributed by atoms with E-state index in [4.69, 9.17) is 5.73 Å². The van der Waals surface area contributed by atoms with Crippen LogP contribution in [0.1, 0.15) is 30.9 Å². The highest BCUT2D eigenvalue weighted by Crippen LogP contribution is 2.32. The van der Waals surface area contributed by atoms with Gasteiger partial charge in [0.15, 0.2) is 0 Å². The Morgan fingerprint density at radius 3 is 2.89 bits per heavy atom. The van der Waals surface area contributed by atoms with Crippen LogP contribution in [0.4, 0.5) is 5.69 Å². The number of hydrogen-bond donors (Lipinski definition) is 1. The molecule has 1 aliphatic rings. The second-order valence-electron chi connectivity index (χ2n) is 5.33. The van der Waals surface area contributed by atoms with Gasteiger partial charge in [-0.2, -0.15) is 0 Å². The number of rotatable bonds is 4. The van der Waals surface area contributed by atoms with Gasteiger partial charge in [0.05, 0.1) is 0 Å². The van der Waals surface area contributed by atoms with Crippen LogP contribution < -0.4 is 10.6 Å². The standard InChI is InChI=1S/C15H23N3O/c1-17(2)15(19)8-5-10-18-11-9-13(16)12-6-3-4-7-14(12)18/h3-4,6-7,13H,5,8-11,16H2,1-2H3. The molecule has 0 fully saturated rings. The van der Waals surface area contributed by atoms with Crippen molar-refractivity contribution in [2.24, 2.45) is 5.73 Å². The Labute approximate surface area is 115 Å². The summed E-state index contributed by atoms with van der Waals surface area (Å²) in [5, 5.41) is 0. The summed E-state index contributed by atoms with van der Waals surface area (Å²) in [7, 11) is 3.61. The van der Waals surface area contributed by atoms with Crippen LogP contribution in [-0.2, 0) is 4.79 Å². The van der Waals surface area contributed by atoms with Crippen molar-refractivity contribution in [2.45, 2.75) is 25.3 Å². The normalized spacial score (nSPS) is 18.1. The molecule has 0 aliphatic carbocycles. The molecule has 2 N–H and O–H groups in total. The van der Waals surface area contributed by atoms with Gasteiger partial charge in [-0.1, -0.05) is 18.2 Å². The number of hydrogen-bond acceptors (Lipinski definition) is 3. The first kappa shape index (κ1) is 13.9. The van der Waals surface area contributed by atoms with E-state index in [1.54, 1.807) is 19.0 Å². The third-order valence-corrected chi connectivity index (χ3v) is 3.70. The fourth-order valence-electron chi connectivity index (χ4n) is 2.54. The van der Waals surface area contributed by atoms with E-state index in [1.165, 1.54) is 11.3 Å². The number of carbonyl (C=O) groups is 1. The van der Waals surface area contributed by atoms with Crippen molar-refractivity contribution in [3.63, 3.8) is 0 Å². The Hall–Kier alpha value is -1.55. The maximum atomic E-state index is 11.6. The van der Waals surface area contributed by atoms with Gasteiger partial charge in [0, 0.05) is 45.3 Å². The molecule has 0 aromatic heterocycles. The minimum atomic E-state index is 0.149. The molecule has 1 unspecified atom stereocenters. The van der Waals surface area contributed by atoms with Crippen molar-refractivity contribution < 1.29 is 4.79 Å². The maximum Gasteiger partial charge on any atom is 0.222 e. The predicted octanol–water partition coefficient (Wildman–Crippen LogP) is 1.76. The molecule has 1 heterocycles. The molecule has 19 heavy (non-hydrogen) atoms. The summed E-state index contributed by atoms with van der Waals surface area (Å²) < 4.78 is 0. The summed E-state index contributed by atoms with van der Waals surface area (Å²) in [5.74, 6) is 0.196. The third kappa shape index (κ3) is 3.26. The summed E-state index contributed by atoms with van der Waals surface area (Å²) in [5.41, 5.74) is 8.60. The molecular formula is C15H23N3O. The molecule has 2 rings (SSSR count). The zero-order valence-electron chi connectivity index (χ0n) is 11.8. The van der Waals surface area contributed by atoms with Crippen LogP contribution in [0.25, 0.3) is 0 Å². The van der Waals surface area contributed by atoms with Gasteiger partial charge < -0.3 is 15.5 Å². The highest BCUT2D eigenvalue weighted by atomic mass is 16.2. The topological polar surface area (TPSA) is 49.6 Å². The molecular weight excluding hydrogens is 238 g/mol. The summed E-state index contributed by atoms with van der Waals surface area (Å²) in [6.45, 7) is 1.90. The van der Waals surface area contributed by atoms with Gasteiger partial charge >= 0.3 is 0 Å². The average molecular weight is 261 g/mol. The highest BCUT2D eigenvalue weighted by Gasteiger charge is 2.21. The average Bonchev–Trinajstić information content (AvgIpc) is 2.41. The lowest BCUT2D eigenvalue weighted by atomic mass is 9.97. The van der Waals surface area contributed by atoms with Crippen LogP contribution in [0.5, 0.6) is 0 Å². The van der Waals surface area contributed by atoms with Crippen LogP contribution >= 0.6 is 0 Å². The van der Waals surface area contributed by atoms with Crippen LogP contribution in [0.2, 0.25) is 0 Å². The van der Waals surface area contributed by atoms with Crippen LogP contribution in [-0.4, -0.2) is 38.0 Å². The van der Waals surface area contributed by atoms with Crippen LogP contribution in [0.3, 0.4) is 0 Å². The van der Waals surface area contributed by atoms with Crippen molar-refractivity contribution in [3.8, 4) is 0 Å². The van der Waals surface area contributed by atoms with Gasteiger partial charge in [-0.25, -0.2) is 0 Å². The number of carbonyl (C=O) groups excluding carboxylic acids is 1. The van der Waals surface area contributed by atoms with Crippen LogP contribution in [0.15, 0.2) is 24.3 Å². The van der Waals surface area contributed by atoms with Crippen molar-refractivity contribution in [1.82, 2.24) is 4.90 Å². The van der Waals surface area contributed by atoms with Crippen molar-refractivity contribution in [1.29, 1.82) is 0 Å². The van der Waals surface area contributed by atoms with Crippen LogP contribution in [0, 0.1) is 0 Å². The van der Waals surface area contributed by atoms with Gasteiger partial charge in [-0.3, -0.25) is 4.79 Å². The third-order valence-electron chi connectivity index (χ3n) is 3.70.